The van der Waals surface area contributed by atoms with Crippen molar-refractivity contribution in [3.8, 4) is 12.1 Å². The van der Waals surface area contributed by atoms with Crippen molar-refractivity contribution in [2.75, 3.05) is 0 Å². The molecule has 0 aromatic rings. The van der Waals surface area contributed by atoms with Crippen molar-refractivity contribution in [1.29, 1.82) is 10.5 Å². The lowest BCUT2D eigenvalue weighted by Crippen LogP contribution is -2.18. The molecule has 0 N–H and O–H groups in total. The van der Waals surface area contributed by atoms with Crippen molar-refractivity contribution < 1.29 is 0 Å². The zero-order valence-electron chi connectivity index (χ0n) is 5.68. The molecule has 9 heavy (non-hydrogen) atoms. The number of nitrogens with zero attached hydrogens (tertiary/aromatic N) is 2. The third-order valence-electron chi connectivity index (χ3n) is 1.45. The molecular weight excluding hydrogens is 112 g/mol. The van der Waals surface area contributed by atoms with E-state index in [9.17, 15) is 0 Å². The van der Waals surface area contributed by atoms with E-state index < -0.39 is 5.41 Å². The van der Waals surface area contributed by atoms with Crippen LogP contribution in [-0.4, -0.2) is 0 Å². The van der Waals surface area contributed by atoms with Crippen molar-refractivity contribution in [3.05, 3.63) is 6.92 Å². The van der Waals surface area contributed by atoms with E-state index in [0.717, 1.165) is 0 Å². The Morgan fingerprint density at radius 3 is 1.78 bits per heavy atom. The molecule has 2 heteroatoms. The molecular formula is C7H9N2. The van der Waals surface area contributed by atoms with E-state index >= 15 is 0 Å². The van der Waals surface area contributed by atoms with Crippen LogP contribution in [0.2, 0.25) is 0 Å². The SMILES string of the molecule is [CH2]C(C)C(C)(C#N)C#N. The number of hydrogen-bond acceptors (Lipinski definition) is 2. The summed E-state index contributed by atoms with van der Waals surface area (Å²) in [5.74, 6) is -0.146. The predicted molar refractivity (Wildman–Crippen MR) is 33.9 cm³/mol. The van der Waals surface area contributed by atoms with Gasteiger partial charge in [-0.2, -0.15) is 10.5 Å². The third kappa shape index (κ3) is 1.44. The first-order valence-corrected chi connectivity index (χ1v) is 2.72. The number of rotatable bonds is 1. The van der Waals surface area contributed by atoms with Crippen LogP contribution in [0.5, 0.6) is 0 Å². The fourth-order valence-corrected chi connectivity index (χ4v) is 0.245. The van der Waals surface area contributed by atoms with Gasteiger partial charge in [-0.3, -0.25) is 0 Å². The van der Waals surface area contributed by atoms with Gasteiger partial charge in [0, 0.05) is 0 Å². The van der Waals surface area contributed by atoms with Crippen molar-refractivity contribution >= 4 is 0 Å². The van der Waals surface area contributed by atoms with E-state index in [4.69, 9.17) is 10.5 Å². The fraction of sp³-hybridized carbons (Fsp3) is 0.571. The van der Waals surface area contributed by atoms with Crippen LogP contribution in [0, 0.1) is 40.9 Å². The van der Waals surface area contributed by atoms with Crippen LogP contribution < -0.4 is 0 Å². The van der Waals surface area contributed by atoms with E-state index in [1.165, 1.54) is 0 Å². The first-order chi connectivity index (χ1) is 4.06. The van der Waals surface area contributed by atoms with E-state index in [2.05, 4.69) is 6.92 Å². The molecule has 0 aromatic carbocycles. The average Bonchev–Trinajstić information content (AvgIpc) is 1.86. The van der Waals surface area contributed by atoms with Gasteiger partial charge in [0.25, 0.3) is 0 Å². The highest BCUT2D eigenvalue weighted by molar-refractivity contribution is 5.13. The van der Waals surface area contributed by atoms with Gasteiger partial charge in [-0.15, -0.1) is 0 Å². The molecule has 0 bridgehead atoms. The largest absolute Gasteiger partial charge is 0.197 e. The monoisotopic (exact) mass is 121 g/mol. The fourth-order valence-electron chi connectivity index (χ4n) is 0.245. The maximum atomic E-state index is 8.44. The molecule has 0 aliphatic rings. The van der Waals surface area contributed by atoms with Gasteiger partial charge < -0.3 is 0 Å². The number of hydrogen-bond donors (Lipinski definition) is 0. The Labute approximate surface area is 55.7 Å². The Kier molecular flexibility index (Phi) is 2.22. The van der Waals surface area contributed by atoms with Crippen LogP contribution in [-0.2, 0) is 0 Å². The molecule has 0 amide bonds. The van der Waals surface area contributed by atoms with Gasteiger partial charge in [-0.25, -0.2) is 0 Å². The molecule has 2 nitrogen and oxygen atoms in total. The predicted octanol–water partition coefficient (Wildman–Crippen LogP) is 1.51. The normalized spacial score (nSPS) is 10.4. The summed E-state index contributed by atoms with van der Waals surface area (Å²) in [5, 5.41) is 16.9. The average molecular weight is 121 g/mol. The molecule has 0 saturated heterocycles. The molecule has 0 aromatic heterocycles. The Balaban J connectivity index is 4.39. The Morgan fingerprint density at radius 1 is 1.44 bits per heavy atom. The molecule has 1 radical (unpaired) electrons. The quantitative estimate of drug-likeness (QED) is 0.528. The summed E-state index contributed by atoms with van der Waals surface area (Å²) < 4.78 is 0. The summed E-state index contributed by atoms with van der Waals surface area (Å²) in [6, 6.07) is 3.81. The van der Waals surface area contributed by atoms with Crippen LogP contribution >= 0.6 is 0 Å². The van der Waals surface area contributed by atoms with Gasteiger partial charge in [0.2, 0.25) is 0 Å². The van der Waals surface area contributed by atoms with Crippen molar-refractivity contribution in [1.82, 2.24) is 0 Å². The first-order valence-electron chi connectivity index (χ1n) is 2.72. The second-order valence-electron chi connectivity index (χ2n) is 2.33. The molecule has 0 saturated carbocycles. The van der Waals surface area contributed by atoms with Gasteiger partial charge in [-0.1, -0.05) is 6.92 Å². The highest BCUT2D eigenvalue weighted by atomic mass is 14.4. The summed E-state index contributed by atoms with van der Waals surface area (Å²) in [6.07, 6.45) is 0. The van der Waals surface area contributed by atoms with Gasteiger partial charge in [0.15, 0.2) is 0 Å². The second kappa shape index (κ2) is 2.51. The van der Waals surface area contributed by atoms with Crippen LogP contribution in [0.4, 0.5) is 0 Å². The van der Waals surface area contributed by atoms with Crippen molar-refractivity contribution in [2.24, 2.45) is 11.3 Å². The van der Waals surface area contributed by atoms with Crippen LogP contribution in [0.1, 0.15) is 13.8 Å². The molecule has 1 atom stereocenters. The summed E-state index contributed by atoms with van der Waals surface area (Å²) in [6.45, 7) is 6.95. The van der Waals surface area contributed by atoms with Crippen molar-refractivity contribution in [3.63, 3.8) is 0 Å². The highest BCUT2D eigenvalue weighted by Crippen LogP contribution is 2.23. The molecule has 0 aliphatic carbocycles. The lowest BCUT2D eigenvalue weighted by molar-refractivity contribution is 0.446. The van der Waals surface area contributed by atoms with Crippen molar-refractivity contribution in [2.45, 2.75) is 13.8 Å². The van der Waals surface area contributed by atoms with Gasteiger partial charge >= 0.3 is 0 Å². The third-order valence-corrected chi connectivity index (χ3v) is 1.45. The van der Waals surface area contributed by atoms with E-state index in [0.29, 0.717) is 0 Å². The molecule has 0 rings (SSSR count). The van der Waals surface area contributed by atoms with E-state index in [1.54, 1.807) is 13.8 Å². The van der Waals surface area contributed by atoms with E-state index in [-0.39, 0.29) is 5.92 Å². The van der Waals surface area contributed by atoms with E-state index in [1.807, 2.05) is 12.1 Å². The summed E-state index contributed by atoms with van der Waals surface area (Å²) in [7, 11) is 0. The summed E-state index contributed by atoms with van der Waals surface area (Å²) in [4.78, 5) is 0. The molecule has 1 unspecified atom stereocenters. The van der Waals surface area contributed by atoms with Gasteiger partial charge in [0.05, 0.1) is 12.1 Å². The van der Waals surface area contributed by atoms with Crippen LogP contribution in [0.15, 0.2) is 0 Å². The Bertz CT molecular complexity index is 154. The minimum atomic E-state index is -0.917. The lowest BCUT2D eigenvalue weighted by Gasteiger charge is -2.15. The maximum Gasteiger partial charge on any atom is 0.143 e. The molecule has 0 heterocycles. The molecule has 0 spiro atoms. The zero-order chi connectivity index (χ0) is 7.49. The molecule has 0 fully saturated rings. The van der Waals surface area contributed by atoms with Gasteiger partial charge in [-0.05, 0) is 19.8 Å². The molecule has 0 aliphatic heterocycles. The smallest absolute Gasteiger partial charge is 0.143 e. The van der Waals surface area contributed by atoms with Gasteiger partial charge in [0.1, 0.15) is 5.41 Å². The molecule has 47 valence electrons. The highest BCUT2D eigenvalue weighted by Gasteiger charge is 2.27. The zero-order valence-corrected chi connectivity index (χ0v) is 5.68. The second-order valence-corrected chi connectivity index (χ2v) is 2.33. The Hall–Kier alpha value is -1.02. The summed E-state index contributed by atoms with van der Waals surface area (Å²) >= 11 is 0. The number of nitriles is 2. The lowest BCUT2D eigenvalue weighted by atomic mass is 9.82. The summed E-state index contributed by atoms with van der Waals surface area (Å²) in [5.41, 5.74) is -0.917. The standard InChI is InChI=1S/C7H9N2/c1-6(2)7(3,4-8)5-9/h6H,1H2,2-3H3. The minimum absolute atomic E-state index is 0.146. The maximum absolute atomic E-state index is 8.44. The topological polar surface area (TPSA) is 47.6 Å². The van der Waals surface area contributed by atoms with Crippen LogP contribution in [0.25, 0.3) is 0 Å². The Morgan fingerprint density at radius 2 is 1.78 bits per heavy atom. The first kappa shape index (κ1) is 7.98. The minimum Gasteiger partial charge on any atom is -0.197 e. The van der Waals surface area contributed by atoms with Crippen LogP contribution in [0.3, 0.4) is 0 Å².